The number of nitrogen functional groups attached to an aromatic ring is 1. The summed E-state index contributed by atoms with van der Waals surface area (Å²) < 4.78 is 4.12. The molecule has 0 saturated heterocycles. The van der Waals surface area contributed by atoms with E-state index in [1.807, 2.05) is 25.1 Å². The van der Waals surface area contributed by atoms with Crippen LogP contribution in [0.1, 0.15) is 25.6 Å². The fourth-order valence-electron chi connectivity index (χ4n) is 2.04. The number of nitrogens with zero attached hydrogens (tertiary/aromatic N) is 2. The van der Waals surface area contributed by atoms with Gasteiger partial charge in [0, 0.05) is 21.1 Å². The topological polar surface area (TPSA) is 43.8 Å². The summed E-state index contributed by atoms with van der Waals surface area (Å²) in [7, 11) is 0. The molecule has 102 valence electrons. The van der Waals surface area contributed by atoms with Gasteiger partial charge in [0.2, 0.25) is 0 Å². The highest BCUT2D eigenvalue weighted by Gasteiger charge is 2.14. The van der Waals surface area contributed by atoms with Gasteiger partial charge in [0.25, 0.3) is 0 Å². The highest BCUT2D eigenvalue weighted by atomic mass is 79.9. The van der Waals surface area contributed by atoms with Crippen LogP contribution in [0.15, 0.2) is 27.1 Å². The van der Waals surface area contributed by atoms with Gasteiger partial charge in [-0.25, -0.2) is 4.98 Å². The van der Waals surface area contributed by atoms with E-state index < -0.39 is 0 Å². The van der Waals surface area contributed by atoms with Gasteiger partial charge in [0.15, 0.2) is 0 Å². The molecular weight excluding hydrogens is 370 g/mol. The van der Waals surface area contributed by atoms with Crippen LogP contribution in [0.5, 0.6) is 0 Å². The predicted molar refractivity (Wildman–Crippen MR) is 87.1 cm³/mol. The number of anilines is 1. The van der Waals surface area contributed by atoms with Crippen LogP contribution in [0.4, 0.5) is 5.82 Å². The van der Waals surface area contributed by atoms with E-state index in [4.69, 9.17) is 5.73 Å². The maximum Gasteiger partial charge on any atom is 0.131 e. The summed E-state index contributed by atoms with van der Waals surface area (Å²) in [4.78, 5) is 4.61. The van der Waals surface area contributed by atoms with Crippen LogP contribution < -0.4 is 5.73 Å². The van der Waals surface area contributed by atoms with Crippen molar-refractivity contribution in [1.29, 1.82) is 0 Å². The monoisotopic (exact) mass is 385 g/mol. The van der Waals surface area contributed by atoms with E-state index in [2.05, 4.69) is 48.3 Å². The van der Waals surface area contributed by atoms with Crippen LogP contribution in [0, 0.1) is 6.92 Å². The number of nitrogens with two attached hydrogens (primary N) is 1. The van der Waals surface area contributed by atoms with Gasteiger partial charge in [-0.1, -0.05) is 19.4 Å². The van der Waals surface area contributed by atoms with Crippen LogP contribution in [0.2, 0.25) is 0 Å². The number of aryl methyl sites for hydroxylation is 1. The number of benzene rings is 1. The minimum absolute atomic E-state index is 0.750. The normalized spacial score (nSPS) is 10.9. The van der Waals surface area contributed by atoms with Crippen LogP contribution in [0.3, 0.4) is 0 Å². The third-order valence-electron chi connectivity index (χ3n) is 3.13. The lowest BCUT2D eigenvalue weighted by Gasteiger charge is -2.07. The van der Waals surface area contributed by atoms with E-state index in [1.165, 1.54) is 0 Å². The minimum atomic E-state index is 0.750. The second kappa shape index (κ2) is 6.09. The SMILES string of the molecule is CCCCn1c(C)nc(-c2ccc(Br)c(Br)c2)c1N. The molecule has 2 rings (SSSR count). The standard InChI is InChI=1S/C14H17Br2N3/c1-3-4-7-19-9(2)18-13(14(19)17)10-5-6-11(15)12(16)8-10/h5-6,8H,3-4,7,17H2,1-2H3. The Hall–Kier alpha value is -0.810. The molecule has 1 aromatic carbocycles. The molecule has 0 bridgehead atoms. The molecule has 0 atom stereocenters. The van der Waals surface area contributed by atoms with Gasteiger partial charge in [0.05, 0.1) is 0 Å². The Morgan fingerprint density at radius 2 is 2.00 bits per heavy atom. The molecule has 0 amide bonds. The molecule has 1 heterocycles. The van der Waals surface area contributed by atoms with Gasteiger partial charge in [-0.3, -0.25) is 0 Å². The Morgan fingerprint density at radius 1 is 1.26 bits per heavy atom. The fourth-order valence-corrected chi connectivity index (χ4v) is 2.66. The third-order valence-corrected chi connectivity index (χ3v) is 5.01. The molecule has 2 aromatic rings. The number of unbranched alkanes of at least 4 members (excludes halogenated alkanes) is 1. The zero-order chi connectivity index (χ0) is 14.0. The molecule has 0 aliphatic rings. The second-order valence-electron chi connectivity index (χ2n) is 4.53. The first-order chi connectivity index (χ1) is 9.04. The minimum Gasteiger partial charge on any atom is -0.383 e. The number of rotatable bonds is 4. The first kappa shape index (κ1) is 14.6. The predicted octanol–water partition coefficient (Wildman–Crippen LogP) is 4.77. The van der Waals surface area contributed by atoms with Gasteiger partial charge in [-0.05, 0) is 57.3 Å². The molecule has 0 spiro atoms. The fraction of sp³-hybridized carbons (Fsp3) is 0.357. The molecule has 1 aromatic heterocycles. The number of halogens is 2. The van der Waals surface area contributed by atoms with E-state index in [1.54, 1.807) is 0 Å². The largest absolute Gasteiger partial charge is 0.383 e. The molecule has 0 aliphatic carbocycles. The van der Waals surface area contributed by atoms with Gasteiger partial charge in [0.1, 0.15) is 17.3 Å². The van der Waals surface area contributed by atoms with Crippen molar-refractivity contribution in [3.05, 3.63) is 33.0 Å². The molecule has 2 N–H and O–H groups in total. The molecule has 0 fully saturated rings. The number of hydrogen-bond donors (Lipinski definition) is 1. The molecule has 0 radical (unpaired) electrons. The van der Waals surface area contributed by atoms with Crippen LogP contribution in [0.25, 0.3) is 11.3 Å². The molecule has 0 saturated carbocycles. The lowest BCUT2D eigenvalue weighted by atomic mass is 10.1. The molecule has 19 heavy (non-hydrogen) atoms. The zero-order valence-electron chi connectivity index (χ0n) is 11.1. The Kier molecular flexibility index (Phi) is 4.68. The van der Waals surface area contributed by atoms with Crippen molar-refractivity contribution in [1.82, 2.24) is 9.55 Å². The van der Waals surface area contributed by atoms with E-state index in [9.17, 15) is 0 Å². The summed E-state index contributed by atoms with van der Waals surface area (Å²) in [6.45, 7) is 5.11. The summed E-state index contributed by atoms with van der Waals surface area (Å²) in [6, 6.07) is 6.06. The lowest BCUT2D eigenvalue weighted by molar-refractivity contribution is 0.622. The lowest BCUT2D eigenvalue weighted by Crippen LogP contribution is -2.04. The highest BCUT2D eigenvalue weighted by Crippen LogP contribution is 2.32. The van der Waals surface area contributed by atoms with E-state index >= 15 is 0 Å². The molecule has 0 unspecified atom stereocenters. The van der Waals surface area contributed by atoms with Crippen molar-refractivity contribution < 1.29 is 0 Å². The summed E-state index contributed by atoms with van der Waals surface area (Å²) in [6.07, 6.45) is 2.26. The molecule has 3 nitrogen and oxygen atoms in total. The summed E-state index contributed by atoms with van der Waals surface area (Å²) >= 11 is 6.98. The van der Waals surface area contributed by atoms with Crippen LogP contribution in [-0.2, 0) is 6.54 Å². The summed E-state index contributed by atoms with van der Waals surface area (Å²) in [5.74, 6) is 1.72. The molecule has 0 aliphatic heterocycles. The number of imidazole rings is 1. The molecular formula is C14H17Br2N3. The van der Waals surface area contributed by atoms with E-state index in [0.717, 1.165) is 51.2 Å². The van der Waals surface area contributed by atoms with Gasteiger partial charge < -0.3 is 10.3 Å². The van der Waals surface area contributed by atoms with Gasteiger partial charge >= 0.3 is 0 Å². The smallest absolute Gasteiger partial charge is 0.131 e. The van der Waals surface area contributed by atoms with E-state index in [0.29, 0.717) is 0 Å². The highest BCUT2D eigenvalue weighted by molar-refractivity contribution is 9.13. The Balaban J connectivity index is 2.42. The van der Waals surface area contributed by atoms with Gasteiger partial charge in [-0.15, -0.1) is 0 Å². The summed E-state index contributed by atoms with van der Waals surface area (Å²) in [5, 5.41) is 0. The van der Waals surface area contributed by atoms with Crippen molar-refractivity contribution >= 4 is 37.7 Å². The van der Waals surface area contributed by atoms with Crippen molar-refractivity contribution in [3.8, 4) is 11.3 Å². The first-order valence-corrected chi connectivity index (χ1v) is 7.91. The maximum absolute atomic E-state index is 6.24. The number of hydrogen-bond acceptors (Lipinski definition) is 2. The quantitative estimate of drug-likeness (QED) is 0.822. The van der Waals surface area contributed by atoms with Crippen molar-refractivity contribution in [2.45, 2.75) is 33.2 Å². The Morgan fingerprint density at radius 3 is 2.63 bits per heavy atom. The first-order valence-electron chi connectivity index (χ1n) is 6.32. The Labute approximate surface area is 130 Å². The van der Waals surface area contributed by atoms with Crippen LogP contribution >= 0.6 is 31.9 Å². The Bertz CT molecular complexity index is 591. The average Bonchev–Trinajstić information content (AvgIpc) is 2.66. The van der Waals surface area contributed by atoms with Crippen molar-refractivity contribution in [3.63, 3.8) is 0 Å². The van der Waals surface area contributed by atoms with E-state index in [-0.39, 0.29) is 0 Å². The summed E-state index contributed by atoms with van der Waals surface area (Å²) in [5.41, 5.74) is 8.13. The van der Waals surface area contributed by atoms with Crippen molar-refractivity contribution in [2.24, 2.45) is 0 Å². The number of aromatic nitrogens is 2. The second-order valence-corrected chi connectivity index (χ2v) is 6.24. The van der Waals surface area contributed by atoms with Crippen molar-refractivity contribution in [2.75, 3.05) is 5.73 Å². The third kappa shape index (κ3) is 3.03. The van der Waals surface area contributed by atoms with Crippen LogP contribution in [-0.4, -0.2) is 9.55 Å². The molecule has 5 heteroatoms. The van der Waals surface area contributed by atoms with Gasteiger partial charge in [-0.2, -0.15) is 0 Å². The maximum atomic E-state index is 6.24. The average molecular weight is 387 g/mol. The zero-order valence-corrected chi connectivity index (χ0v) is 14.3.